The van der Waals surface area contributed by atoms with Crippen molar-refractivity contribution in [1.82, 2.24) is 4.98 Å². The lowest BCUT2D eigenvalue weighted by molar-refractivity contribution is -0.137. The summed E-state index contributed by atoms with van der Waals surface area (Å²) < 4.78 is 53.9. The molecule has 0 saturated carbocycles. The zero-order chi connectivity index (χ0) is 21.3. The van der Waals surface area contributed by atoms with Crippen molar-refractivity contribution in [1.29, 1.82) is 0 Å². The molecule has 0 aliphatic heterocycles. The van der Waals surface area contributed by atoms with Gasteiger partial charge >= 0.3 is 6.18 Å². The molecular formula is C20H15F4N3O2. The van der Waals surface area contributed by atoms with Crippen LogP contribution < -0.4 is 10.6 Å². The average molecular weight is 405 g/mol. The van der Waals surface area contributed by atoms with E-state index in [-0.39, 0.29) is 16.8 Å². The number of benzene rings is 2. The highest BCUT2D eigenvalue weighted by Gasteiger charge is 2.34. The van der Waals surface area contributed by atoms with Crippen molar-refractivity contribution < 1.29 is 27.2 Å². The van der Waals surface area contributed by atoms with E-state index in [0.29, 0.717) is 11.1 Å². The largest absolute Gasteiger partial charge is 0.418 e. The highest BCUT2D eigenvalue weighted by molar-refractivity contribution is 6.12. The Bertz CT molecular complexity index is 1120. The molecule has 0 aliphatic rings. The number of carbonyl (C=O) groups excluding carboxylic acids is 2. The van der Waals surface area contributed by atoms with Crippen LogP contribution in [0.1, 0.15) is 28.5 Å². The summed E-state index contributed by atoms with van der Waals surface area (Å²) in [7, 11) is 0. The number of halogens is 4. The van der Waals surface area contributed by atoms with Gasteiger partial charge in [-0.3, -0.25) is 14.6 Å². The van der Waals surface area contributed by atoms with E-state index in [1.807, 2.05) is 0 Å². The Morgan fingerprint density at radius 1 is 1.00 bits per heavy atom. The summed E-state index contributed by atoms with van der Waals surface area (Å²) in [4.78, 5) is 28.0. The summed E-state index contributed by atoms with van der Waals surface area (Å²) >= 11 is 0. The van der Waals surface area contributed by atoms with Crippen LogP contribution in [0, 0.1) is 12.7 Å². The summed E-state index contributed by atoms with van der Waals surface area (Å²) in [5.74, 6) is -1.87. The number of carbonyl (C=O) groups is 2. The van der Waals surface area contributed by atoms with Gasteiger partial charge in [0.15, 0.2) is 0 Å². The number of nitrogens with one attached hydrogen (secondary N) is 2. The number of amides is 2. The molecule has 1 heterocycles. The lowest BCUT2D eigenvalue weighted by Crippen LogP contribution is -2.18. The first kappa shape index (κ1) is 20.2. The summed E-state index contributed by atoms with van der Waals surface area (Å²) in [6.45, 7) is 2.76. The quantitative estimate of drug-likeness (QED) is 0.608. The second-order valence-corrected chi connectivity index (χ2v) is 6.37. The molecule has 0 bridgehead atoms. The van der Waals surface area contributed by atoms with Crippen LogP contribution in [0.5, 0.6) is 0 Å². The fourth-order valence-electron chi connectivity index (χ4n) is 2.88. The number of alkyl halides is 3. The smallest absolute Gasteiger partial charge is 0.326 e. The summed E-state index contributed by atoms with van der Waals surface area (Å²) in [6, 6.07) is 8.08. The standard InChI is InChI=1S/C20H15F4N3O2/c1-10-7-15(14-5-3-12(21)8-18(14)25-10)19(29)27-17-6-4-13(26-11(2)28)9-16(17)20(22,23)24/h3-9H,1-2H3,(H,26,28)(H,27,29). The molecule has 5 nitrogen and oxygen atoms in total. The van der Waals surface area contributed by atoms with Gasteiger partial charge in [0.25, 0.3) is 5.91 Å². The van der Waals surface area contributed by atoms with Crippen molar-refractivity contribution in [3.63, 3.8) is 0 Å². The third-order valence-corrected chi connectivity index (χ3v) is 4.04. The molecule has 0 fully saturated rings. The van der Waals surface area contributed by atoms with E-state index >= 15 is 0 Å². The molecule has 0 saturated heterocycles. The molecule has 0 radical (unpaired) electrons. The van der Waals surface area contributed by atoms with Gasteiger partial charge in [-0.2, -0.15) is 13.2 Å². The zero-order valence-corrected chi connectivity index (χ0v) is 15.3. The van der Waals surface area contributed by atoms with E-state index in [9.17, 15) is 27.2 Å². The number of hydrogen-bond donors (Lipinski definition) is 2. The first-order chi connectivity index (χ1) is 13.5. The minimum atomic E-state index is -4.77. The van der Waals surface area contributed by atoms with Gasteiger partial charge in [-0.15, -0.1) is 0 Å². The van der Waals surface area contributed by atoms with Crippen molar-refractivity contribution >= 4 is 34.1 Å². The molecule has 0 spiro atoms. The third kappa shape index (κ3) is 4.50. The first-order valence-electron chi connectivity index (χ1n) is 8.41. The predicted octanol–water partition coefficient (Wildman–Crippen LogP) is 4.91. The number of fused-ring (bicyclic) bond motifs is 1. The van der Waals surface area contributed by atoms with Crippen LogP contribution in [-0.4, -0.2) is 16.8 Å². The van der Waals surface area contributed by atoms with E-state index < -0.39 is 35.1 Å². The summed E-state index contributed by atoms with van der Waals surface area (Å²) in [6.07, 6.45) is -4.77. The summed E-state index contributed by atoms with van der Waals surface area (Å²) in [5.41, 5.74) is -0.952. The first-order valence-corrected chi connectivity index (χ1v) is 8.41. The molecule has 3 rings (SSSR count). The number of nitrogens with zero attached hydrogens (tertiary/aromatic N) is 1. The second kappa shape index (κ2) is 7.50. The fraction of sp³-hybridized carbons (Fsp3) is 0.150. The summed E-state index contributed by atoms with van der Waals surface area (Å²) in [5, 5.41) is 4.83. The molecule has 2 amide bonds. The van der Waals surface area contributed by atoms with Crippen LogP contribution in [0.25, 0.3) is 10.9 Å². The highest BCUT2D eigenvalue weighted by atomic mass is 19.4. The molecule has 29 heavy (non-hydrogen) atoms. The van der Waals surface area contributed by atoms with E-state index in [4.69, 9.17) is 0 Å². The number of aryl methyl sites for hydroxylation is 1. The Balaban J connectivity index is 2.03. The Kier molecular flexibility index (Phi) is 5.23. The Labute approximate surface area is 162 Å². The molecule has 2 N–H and O–H groups in total. The van der Waals surface area contributed by atoms with E-state index in [1.54, 1.807) is 6.92 Å². The maximum Gasteiger partial charge on any atom is 0.418 e. The van der Waals surface area contributed by atoms with Crippen molar-refractivity contribution in [3.05, 3.63) is 65.1 Å². The lowest BCUT2D eigenvalue weighted by atomic mass is 10.1. The minimum absolute atomic E-state index is 0.0523. The van der Waals surface area contributed by atoms with E-state index in [2.05, 4.69) is 15.6 Å². The second-order valence-electron chi connectivity index (χ2n) is 6.37. The third-order valence-electron chi connectivity index (χ3n) is 4.04. The Morgan fingerprint density at radius 2 is 1.72 bits per heavy atom. The van der Waals surface area contributed by atoms with Gasteiger partial charge in [-0.25, -0.2) is 4.39 Å². The zero-order valence-electron chi connectivity index (χ0n) is 15.3. The molecular weight excluding hydrogens is 390 g/mol. The number of rotatable bonds is 3. The molecule has 0 unspecified atom stereocenters. The van der Waals surface area contributed by atoms with Gasteiger partial charge < -0.3 is 10.6 Å². The lowest BCUT2D eigenvalue weighted by Gasteiger charge is -2.16. The molecule has 2 aromatic carbocycles. The van der Waals surface area contributed by atoms with Gasteiger partial charge in [0.2, 0.25) is 5.91 Å². The van der Waals surface area contributed by atoms with Gasteiger partial charge in [0, 0.05) is 29.8 Å². The van der Waals surface area contributed by atoms with Crippen LogP contribution in [0.2, 0.25) is 0 Å². The molecule has 1 aromatic heterocycles. The van der Waals surface area contributed by atoms with Crippen molar-refractivity contribution in [2.24, 2.45) is 0 Å². The van der Waals surface area contributed by atoms with Crippen molar-refractivity contribution in [2.75, 3.05) is 10.6 Å². The van der Waals surface area contributed by atoms with Crippen LogP contribution in [0.15, 0.2) is 42.5 Å². The number of pyridine rings is 1. The molecule has 150 valence electrons. The number of anilines is 2. The van der Waals surface area contributed by atoms with Crippen LogP contribution in [0.4, 0.5) is 28.9 Å². The van der Waals surface area contributed by atoms with Crippen LogP contribution in [0.3, 0.4) is 0 Å². The van der Waals surface area contributed by atoms with Crippen molar-refractivity contribution in [2.45, 2.75) is 20.0 Å². The SMILES string of the molecule is CC(=O)Nc1ccc(NC(=O)c2cc(C)nc3cc(F)ccc23)c(C(F)(F)F)c1. The number of hydrogen-bond acceptors (Lipinski definition) is 3. The molecule has 3 aromatic rings. The molecule has 9 heteroatoms. The monoisotopic (exact) mass is 405 g/mol. The Morgan fingerprint density at radius 3 is 2.38 bits per heavy atom. The van der Waals surface area contributed by atoms with Gasteiger partial charge in [-0.05, 0) is 43.3 Å². The maximum atomic E-state index is 13.5. The average Bonchev–Trinajstić information content (AvgIpc) is 2.60. The highest BCUT2D eigenvalue weighted by Crippen LogP contribution is 2.37. The Hall–Kier alpha value is -3.49. The van der Waals surface area contributed by atoms with Gasteiger partial charge in [0.1, 0.15) is 5.82 Å². The molecule has 0 aliphatic carbocycles. The van der Waals surface area contributed by atoms with Crippen molar-refractivity contribution in [3.8, 4) is 0 Å². The predicted molar refractivity (Wildman–Crippen MR) is 100 cm³/mol. The molecule has 0 atom stereocenters. The van der Waals surface area contributed by atoms with Crippen LogP contribution >= 0.6 is 0 Å². The maximum absolute atomic E-state index is 13.5. The minimum Gasteiger partial charge on any atom is -0.326 e. The number of aromatic nitrogens is 1. The fourth-order valence-corrected chi connectivity index (χ4v) is 2.88. The van der Waals surface area contributed by atoms with E-state index in [1.165, 1.54) is 25.1 Å². The topological polar surface area (TPSA) is 71.1 Å². The normalized spacial score (nSPS) is 11.4. The van der Waals surface area contributed by atoms with E-state index in [0.717, 1.165) is 24.3 Å². The van der Waals surface area contributed by atoms with Gasteiger partial charge in [-0.1, -0.05) is 0 Å². The van der Waals surface area contributed by atoms with Crippen LogP contribution in [-0.2, 0) is 11.0 Å². The van der Waals surface area contributed by atoms with Gasteiger partial charge in [0.05, 0.1) is 22.3 Å².